The molecule has 99 heavy (non-hydrogen) atoms. The van der Waals surface area contributed by atoms with Crippen LogP contribution in [0.2, 0.25) is 0 Å². The highest BCUT2D eigenvalue weighted by atomic mass is 31.2. The Morgan fingerprint density at radius 3 is 0.889 bits per heavy atom. The zero-order valence-electron chi connectivity index (χ0n) is 62.4. The van der Waals surface area contributed by atoms with Gasteiger partial charge in [0.25, 0.3) is 0 Å². The Labute approximate surface area is 602 Å². The number of unbranched alkanes of at least 4 members (excludes halogenated alkanes) is 33. The highest BCUT2D eigenvalue weighted by Gasteiger charge is 2.29. The van der Waals surface area contributed by atoms with Crippen molar-refractivity contribution in [3.63, 3.8) is 0 Å². The summed E-state index contributed by atoms with van der Waals surface area (Å²) in [6, 6.07) is 0. The van der Waals surface area contributed by atoms with Crippen LogP contribution >= 0.6 is 15.6 Å². The summed E-state index contributed by atoms with van der Waals surface area (Å²) in [5.41, 5.74) is 0. The van der Waals surface area contributed by atoms with Gasteiger partial charge in [0.15, 0.2) is 6.10 Å². The molecule has 0 aliphatic carbocycles. The fraction of sp³-hybridized carbons (Fsp3) is 0.741. The Balaban J connectivity index is 4.30. The zero-order chi connectivity index (χ0) is 72.3. The van der Waals surface area contributed by atoms with Gasteiger partial charge < -0.3 is 34.2 Å². The number of carbonyl (C=O) groups is 3. The van der Waals surface area contributed by atoms with Crippen LogP contribution in [0.3, 0.4) is 0 Å². The number of allylic oxidation sites excluding steroid dienone is 18. The first kappa shape index (κ1) is 95.2. The van der Waals surface area contributed by atoms with Crippen molar-refractivity contribution in [3.8, 4) is 0 Å². The first-order valence-electron chi connectivity index (χ1n) is 39.2. The third kappa shape index (κ3) is 75.2. The van der Waals surface area contributed by atoms with Crippen LogP contribution in [0.15, 0.2) is 109 Å². The van der Waals surface area contributed by atoms with Crippen molar-refractivity contribution in [1.29, 1.82) is 0 Å². The second kappa shape index (κ2) is 73.9. The van der Waals surface area contributed by atoms with E-state index < -0.39 is 91.5 Å². The van der Waals surface area contributed by atoms with Crippen LogP contribution < -0.4 is 0 Å². The third-order valence-electron chi connectivity index (χ3n) is 16.5. The second-order valence-electron chi connectivity index (χ2n) is 26.1. The molecular formula is C81H142O16P2. The maximum atomic E-state index is 12.9. The van der Waals surface area contributed by atoms with Gasteiger partial charge in [0.05, 0.1) is 26.4 Å². The van der Waals surface area contributed by atoms with Gasteiger partial charge in [0.2, 0.25) is 0 Å². The van der Waals surface area contributed by atoms with Gasteiger partial charge in [-0.15, -0.1) is 0 Å². The van der Waals surface area contributed by atoms with Crippen LogP contribution in [0.25, 0.3) is 0 Å². The van der Waals surface area contributed by atoms with Gasteiger partial charge in [0, 0.05) is 19.3 Å². The molecule has 0 amide bonds. The third-order valence-corrected chi connectivity index (χ3v) is 18.4. The second-order valence-corrected chi connectivity index (χ2v) is 29.0. The van der Waals surface area contributed by atoms with E-state index in [-0.39, 0.29) is 19.3 Å². The molecule has 0 saturated heterocycles. The lowest BCUT2D eigenvalue weighted by molar-refractivity contribution is -0.161. The fourth-order valence-corrected chi connectivity index (χ4v) is 12.1. The molecule has 0 rings (SSSR count). The molecule has 572 valence electrons. The smallest absolute Gasteiger partial charge is 0.463 e. The van der Waals surface area contributed by atoms with Crippen molar-refractivity contribution in [2.45, 2.75) is 347 Å². The minimum Gasteiger partial charge on any atom is -0.463 e. The quantitative estimate of drug-likeness (QED) is 0.0146. The first-order valence-corrected chi connectivity index (χ1v) is 42.2. The van der Waals surface area contributed by atoms with Gasteiger partial charge in [-0.25, -0.2) is 9.13 Å². The van der Waals surface area contributed by atoms with Crippen LogP contribution in [0.5, 0.6) is 0 Å². The Morgan fingerprint density at radius 2 is 0.545 bits per heavy atom. The van der Waals surface area contributed by atoms with Crippen molar-refractivity contribution in [3.05, 3.63) is 109 Å². The minimum atomic E-state index is -4.93. The Hall–Kier alpha value is -3.79. The van der Waals surface area contributed by atoms with E-state index in [4.69, 9.17) is 32.3 Å². The summed E-state index contributed by atoms with van der Waals surface area (Å²) in [6.07, 6.45) is 86.1. The van der Waals surface area contributed by atoms with Gasteiger partial charge in [-0.05, 0) is 122 Å². The summed E-state index contributed by atoms with van der Waals surface area (Å²) in [5, 5.41) is 20.6. The Kier molecular flexibility index (Phi) is 71.1. The molecule has 0 aliphatic heterocycles. The molecule has 5 unspecified atom stereocenters. The predicted molar refractivity (Wildman–Crippen MR) is 408 cm³/mol. The van der Waals surface area contributed by atoms with Crippen LogP contribution in [-0.2, 0) is 55.8 Å². The number of carbonyl (C=O) groups excluding carboxylic acids is 3. The van der Waals surface area contributed by atoms with Gasteiger partial charge in [-0.1, -0.05) is 297 Å². The topological polar surface area (TPSA) is 231 Å². The number of hydrogen-bond donors (Lipinski definition) is 4. The SMILES string of the molecule is CC/C=C\C/C=C\C/C=C\C/C=C\CCCCCCC(=O)OCC(COP(=O)(O)OCC(O)COP(=O)(O)OCC(O)COC(=O)CCCCCCCCCCCCCCCCCCCCC/C=C\C/C=C\C/C=C\C/C=C\CCCCC)OC(=O)CCCCCCC/C=C\CCCC. The Bertz CT molecular complexity index is 2240. The lowest BCUT2D eigenvalue weighted by atomic mass is 10.0. The molecule has 5 atom stereocenters. The van der Waals surface area contributed by atoms with Crippen molar-refractivity contribution < 1.29 is 75.8 Å². The number of ether oxygens (including phenoxy) is 3. The normalized spacial score (nSPS) is 14.6. The lowest BCUT2D eigenvalue weighted by Crippen LogP contribution is -2.30. The van der Waals surface area contributed by atoms with Crippen LogP contribution in [0.1, 0.15) is 329 Å². The summed E-state index contributed by atoms with van der Waals surface area (Å²) in [5.74, 6) is -1.61. The highest BCUT2D eigenvalue weighted by molar-refractivity contribution is 7.47. The van der Waals surface area contributed by atoms with Crippen LogP contribution in [0, 0.1) is 0 Å². The average Bonchev–Trinajstić information content (AvgIpc) is 1.14. The highest BCUT2D eigenvalue weighted by Crippen LogP contribution is 2.45. The number of aliphatic hydroxyl groups excluding tert-OH is 2. The number of aliphatic hydroxyl groups is 2. The van der Waals surface area contributed by atoms with Crippen LogP contribution in [-0.4, -0.2) is 95.9 Å². The summed E-state index contributed by atoms with van der Waals surface area (Å²) < 4.78 is 60.9. The van der Waals surface area contributed by atoms with Crippen molar-refractivity contribution in [1.82, 2.24) is 0 Å². The molecule has 0 saturated carbocycles. The Morgan fingerprint density at radius 1 is 0.293 bits per heavy atom. The minimum absolute atomic E-state index is 0.0878. The molecule has 0 heterocycles. The average molecular weight is 1430 g/mol. The molecular weight excluding hydrogens is 1290 g/mol. The van der Waals surface area contributed by atoms with Crippen LogP contribution in [0.4, 0.5) is 0 Å². The van der Waals surface area contributed by atoms with Gasteiger partial charge in [-0.2, -0.15) is 0 Å². The number of rotatable bonds is 74. The molecule has 4 N–H and O–H groups in total. The maximum Gasteiger partial charge on any atom is 0.472 e. The van der Waals surface area contributed by atoms with Gasteiger partial charge in [-0.3, -0.25) is 32.5 Å². The fourth-order valence-electron chi connectivity index (χ4n) is 10.5. The first-order chi connectivity index (χ1) is 48.2. The van der Waals surface area contributed by atoms with Crippen molar-refractivity contribution in [2.24, 2.45) is 0 Å². The predicted octanol–water partition coefficient (Wildman–Crippen LogP) is 22.8. The summed E-state index contributed by atoms with van der Waals surface area (Å²) >= 11 is 0. The van der Waals surface area contributed by atoms with E-state index in [1.54, 1.807) is 0 Å². The van der Waals surface area contributed by atoms with E-state index in [9.17, 15) is 43.5 Å². The van der Waals surface area contributed by atoms with E-state index in [0.717, 1.165) is 128 Å². The number of phosphoric acid groups is 2. The number of hydrogen-bond acceptors (Lipinski definition) is 14. The maximum absolute atomic E-state index is 12.9. The molecule has 16 nitrogen and oxygen atoms in total. The van der Waals surface area contributed by atoms with E-state index in [0.29, 0.717) is 19.3 Å². The lowest BCUT2D eigenvalue weighted by Gasteiger charge is -2.21. The van der Waals surface area contributed by atoms with Gasteiger partial charge in [0.1, 0.15) is 25.4 Å². The zero-order valence-corrected chi connectivity index (χ0v) is 64.2. The summed E-state index contributed by atoms with van der Waals surface area (Å²) in [7, 11) is -9.78. The van der Waals surface area contributed by atoms with E-state index in [1.807, 2.05) is 0 Å². The molecule has 0 aromatic rings. The molecule has 0 aromatic heterocycles. The number of phosphoric ester groups is 2. The molecule has 0 aromatic carbocycles. The monoisotopic (exact) mass is 1430 g/mol. The standard InChI is InChI=1S/C81H142O16P2/c1-4-7-10-13-16-19-22-24-26-28-29-30-31-32-33-34-35-36-37-38-39-40-41-42-43-44-45-47-49-50-53-55-58-61-64-67-79(84)91-70-76(82)71-93-98(87,88)94-72-77(83)73-95-99(89,90)96-75-78(97-81(86)69-66-63-60-57-52-21-18-15-12-9-6-3)74-92-80(85)68-65-62-59-56-54-51-48-46-27-25-23-20-17-14-11-8-5-2/h8,11,15-20,24-27,29-30,32-33,48,51,76-78,82-83H,4-7,9-10,12-14,21-23,28,31,34-47,49-50,52-75H2,1-3H3,(H,87,88)(H,89,90)/b11-8-,18-15-,19-16-,20-17-,26-24-,27-25-,30-29-,33-32-,51-48-. The van der Waals surface area contributed by atoms with E-state index >= 15 is 0 Å². The molecule has 0 aliphatic rings. The van der Waals surface area contributed by atoms with Crippen molar-refractivity contribution in [2.75, 3.05) is 39.6 Å². The van der Waals surface area contributed by atoms with E-state index in [1.165, 1.54) is 141 Å². The number of esters is 3. The van der Waals surface area contributed by atoms with Gasteiger partial charge >= 0.3 is 33.6 Å². The van der Waals surface area contributed by atoms with Crippen molar-refractivity contribution >= 4 is 33.6 Å². The summed E-state index contributed by atoms with van der Waals surface area (Å²) in [4.78, 5) is 58.4. The summed E-state index contributed by atoms with van der Waals surface area (Å²) in [6.45, 7) is 2.47. The molecule has 0 spiro atoms. The molecule has 0 bridgehead atoms. The molecule has 0 fully saturated rings. The molecule has 0 radical (unpaired) electrons. The van der Waals surface area contributed by atoms with E-state index in [2.05, 4.69) is 130 Å². The largest absolute Gasteiger partial charge is 0.472 e. The molecule has 18 heteroatoms.